The van der Waals surface area contributed by atoms with E-state index in [4.69, 9.17) is 4.74 Å². The molecule has 2 aromatic rings. The van der Waals surface area contributed by atoms with Gasteiger partial charge in [-0.2, -0.15) is 0 Å². The van der Waals surface area contributed by atoms with Gasteiger partial charge in [0.2, 0.25) is 5.91 Å². The summed E-state index contributed by atoms with van der Waals surface area (Å²) in [6.45, 7) is 13.9. The molecule has 0 spiro atoms. The molecule has 174 valence electrons. The fourth-order valence-electron chi connectivity index (χ4n) is 3.56. The van der Waals surface area contributed by atoms with E-state index in [9.17, 15) is 9.59 Å². The highest BCUT2D eigenvalue weighted by atomic mass is 79.9. The second kappa shape index (κ2) is 11.0. The number of hydrogen-bond acceptors (Lipinski definition) is 3. The molecule has 1 N–H and O–H groups in total. The summed E-state index contributed by atoms with van der Waals surface area (Å²) in [4.78, 5) is 28.1. The molecular weight excluding hydrogens is 468 g/mol. The van der Waals surface area contributed by atoms with Gasteiger partial charge < -0.3 is 15.0 Å². The fraction of sp³-hybridized carbons (Fsp3) is 0.462. The van der Waals surface area contributed by atoms with Gasteiger partial charge in [0.25, 0.3) is 5.91 Å². The number of amides is 2. The van der Waals surface area contributed by atoms with Crippen molar-refractivity contribution in [2.45, 2.75) is 73.0 Å². The lowest BCUT2D eigenvalue weighted by molar-refractivity contribution is -0.143. The van der Waals surface area contributed by atoms with Crippen molar-refractivity contribution in [1.29, 1.82) is 0 Å². The monoisotopic (exact) mass is 502 g/mol. The molecule has 6 heteroatoms. The number of hydrogen-bond donors (Lipinski definition) is 1. The van der Waals surface area contributed by atoms with Crippen LogP contribution in [0.15, 0.2) is 40.9 Å². The van der Waals surface area contributed by atoms with Crippen LogP contribution in [0.2, 0.25) is 0 Å². The molecule has 0 radical (unpaired) electrons. The van der Waals surface area contributed by atoms with Crippen molar-refractivity contribution >= 4 is 27.7 Å². The maximum Gasteiger partial charge on any atom is 0.261 e. The predicted octanol–water partition coefficient (Wildman–Crippen LogP) is 5.48. The van der Waals surface area contributed by atoms with Crippen LogP contribution in [-0.2, 0) is 16.1 Å². The molecule has 2 amide bonds. The molecule has 1 atom stereocenters. The Morgan fingerprint density at radius 2 is 1.66 bits per heavy atom. The highest BCUT2D eigenvalue weighted by Gasteiger charge is 2.31. The number of halogens is 1. The van der Waals surface area contributed by atoms with Crippen molar-refractivity contribution in [2.75, 3.05) is 6.61 Å². The maximum absolute atomic E-state index is 13.4. The minimum absolute atomic E-state index is 0.133. The number of carbonyl (C=O) groups excluding carboxylic acids is 2. The van der Waals surface area contributed by atoms with Gasteiger partial charge in [0, 0.05) is 16.6 Å². The van der Waals surface area contributed by atoms with E-state index in [0.717, 1.165) is 26.7 Å². The first-order valence-corrected chi connectivity index (χ1v) is 11.8. The molecule has 1 unspecified atom stereocenters. The number of nitrogens with zero attached hydrogens (tertiary/aromatic N) is 1. The number of nitrogens with one attached hydrogen (secondary N) is 1. The van der Waals surface area contributed by atoms with Gasteiger partial charge in [-0.3, -0.25) is 9.59 Å². The van der Waals surface area contributed by atoms with Gasteiger partial charge in [-0.1, -0.05) is 47.1 Å². The molecule has 0 aliphatic carbocycles. The average molecular weight is 503 g/mol. The summed E-state index contributed by atoms with van der Waals surface area (Å²) in [7, 11) is 0. The van der Waals surface area contributed by atoms with Crippen LogP contribution in [0.25, 0.3) is 0 Å². The minimum Gasteiger partial charge on any atom is -0.484 e. The predicted molar refractivity (Wildman–Crippen MR) is 133 cm³/mol. The summed E-state index contributed by atoms with van der Waals surface area (Å²) in [6.07, 6.45) is 0.510. The topological polar surface area (TPSA) is 58.6 Å². The van der Waals surface area contributed by atoms with Gasteiger partial charge in [-0.25, -0.2) is 0 Å². The van der Waals surface area contributed by atoms with Gasteiger partial charge in [0.1, 0.15) is 11.8 Å². The summed E-state index contributed by atoms with van der Waals surface area (Å²) in [5.74, 6) is 0.263. The zero-order valence-electron chi connectivity index (χ0n) is 20.2. The molecule has 0 bridgehead atoms. The van der Waals surface area contributed by atoms with Crippen LogP contribution in [0, 0.1) is 20.8 Å². The van der Waals surface area contributed by atoms with E-state index in [1.165, 1.54) is 0 Å². The quantitative estimate of drug-likeness (QED) is 0.520. The lowest BCUT2D eigenvalue weighted by Gasteiger charge is -2.33. The number of benzene rings is 2. The summed E-state index contributed by atoms with van der Waals surface area (Å²) < 4.78 is 6.89. The summed E-state index contributed by atoms with van der Waals surface area (Å²) in [5.41, 5.74) is 3.79. The Hall–Kier alpha value is -2.34. The molecule has 0 saturated carbocycles. The van der Waals surface area contributed by atoms with Crippen LogP contribution >= 0.6 is 15.9 Å². The third-order valence-corrected chi connectivity index (χ3v) is 6.51. The van der Waals surface area contributed by atoms with Crippen molar-refractivity contribution in [3.05, 3.63) is 63.1 Å². The highest BCUT2D eigenvalue weighted by Crippen LogP contribution is 2.26. The molecule has 32 heavy (non-hydrogen) atoms. The molecule has 0 aliphatic rings. The Balaban J connectivity index is 2.28. The van der Waals surface area contributed by atoms with E-state index in [1.807, 2.05) is 84.9 Å². The summed E-state index contributed by atoms with van der Waals surface area (Å²) in [5, 5.41) is 3.02. The fourth-order valence-corrected chi connectivity index (χ4v) is 3.79. The van der Waals surface area contributed by atoms with Crippen molar-refractivity contribution in [3.8, 4) is 5.75 Å². The normalized spacial score (nSPS) is 12.2. The summed E-state index contributed by atoms with van der Waals surface area (Å²) in [6, 6.07) is 11.1. The second-order valence-electron chi connectivity index (χ2n) is 9.27. The third-order valence-electron chi connectivity index (χ3n) is 5.26. The Labute approximate surface area is 200 Å². The first kappa shape index (κ1) is 25.9. The SMILES string of the molecule is CCC(C(=O)NC(C)(C)C)N(Cc1ccccc1C)C(=O)COc1cc(C)c(Br)c(C)c1. The van der Waals surface area contributed by atoms with E-state index in [1.54, 1.807) is 4.90 Å². The van der Waals surface area contributed by atoms with E-state index in [-0.39, 0.29) is 24.0 Å². The van der Waals surface area contributed by atoms with Crippen LogP contribution in [0.3, 0.4) is 0 Å². The Kier molecular flexibility index (Phi) is 8.90. The average Bonchev–Trinajstić information content (AvgIpc) is 2.70. The molecule has 0 heterocycles. The van der Waals surface area contributed by atoms with Crippen LogP contribution < -0.4 is 10.1 Å². The van der Waals surface area contributed by atoms with Crippen molar-refractivity contribution in [1.82, 2.24) is 10.2 Å². The van der Waals surface area contributed by atoms with E-state index >= 15 is 0 Å². The first-order chi connectivity index (χ1) is 14.9. The lowest BCUT2D eigenvalue weighted by Crippen LogP contribution is -2.54. The van der Waals surface area contributed by atoms with Crippen LogP contribution in [0.4, 0.5) is 0 Å². The molecule has 0 aliphatic heterocycles. The molecule has 0 saturated heterocycles. The number of ether oxygens (including phenoxy) is 1. The van der Waals surface area contributed by atoms with Crippen molar-refractivity contribution in [2.24, 2.45) is 0 Å². The van der Waals surface area contributed by atoms with Crippen molar-refractivity contribution in [3.63, 3.8) is 0 Å². The number of aryl methyl sites for hydroxylation is 3. The standard InChI is InChI=1S/C26H35BrN2O3/c1-8-22(25(31)28-26(5,6)7)29(15-20-12-10-9-11-17(20)2)23(30)16-32-21-13-18(3)24(27)19(4)14-21/h9-14,22H,8,15-16H2,1-7H3,(H,28,31). The zero-order valence-corrected chi connectivity index (χ0v) is 21.8. The third kappa shape index (κ3) is 7.09. The zero-order chi connectivity index (χ0) is 24.1. The van der Waals surface area contributed by atoms with E-state index < -0.39 is 6.04 Å². The minimum atomic E-state index is -0.585. The lowest BCUT2D eigenvalue weighted by atomic mass is 10.0. The molecule has 0 fully saturated rings. The molecular formula is C26H35BrN2O3. The van der Waals surface area contributed by atoms with Crippen molar-refractivity contribution < 1.29 is 14.3 Å². The summed E-state index contributed by atoms with van der Waals surface area (Å²) >= 11 is 3.55. The van der Waals surface area contributed by atoms with Gasteiger partial charge in [-0.05, 0) is 82.3 Å². The van der Waals surface area contributed by atoms with Crippen LogP contribution in [0.1, 0.15) is 56.4 Å². The maximum atomic E-state index is 13.4. The van der Waals surface area contributed by atoms with Gasteiger partial charge in [0.05, 0.1) is 0 Å². The van der Waals surface area contributed by atoms with Gasteiger partial charge in [-0.15, -0.1) is 0 Å². The van der Waals surface area contributed by atoms with Gasteiger partial charge >= 0.3 is 0 Å². The smallest absolute Gasteiger partial charge is 0.261 e. The second-order valence-corrected chi connectivity index (χ2v) is 10.1. The van der Waals surface area contributed by atoms with Crippen LogP contribution in [0.5, 0.6) is 5.75 Å². The highest BCUT2D eigenvalue weighted by molar-refractivity contribution is 9.10. The Morgan fingerprint density at radius 3 is 2.19 bits per heavy atom. The van der Waals surface area contributed by atoms with Gasteiger partial charge in [0.15, 0.2) is 6.61 Å². The Bertz CT molecular complexity index is 943. The number of carbonyl (C=O) groups is 2. The molecule has 0 aromatic heterocycles. The largest absolute Gasteiger partial charge is 0.484 e. The molecule has 5 nitrogen and oxygen atoms in total. The van der Waals surface area contributed by atoms with E-state index in [2.05, 4.69) is 21.2 Å². The molecule has 2 rings (SSSR count). The number of rotatable bonds is 8. The first-order valence-electron chi connectivity index (χ1n) is 11.0. The van der Waals surface area contributed by atoms with E-state index in [0.29, 0.717) is 18.7 Å². The van der Waals surface area contributed by atoms with Crippen LogP contribution in [-0.4, -0.2) is 34.9 Å². The molecule has 2 aromatic carbocycles. The Morgan fingerprint density at radius 1 is 1.06 bits per heavy atom.